The Hall–Kier alpha value is -1.42. The van der Waals surface area contributed by atoms with Crippen LogP contribution in [-0.4, -0.2) is 27.7 Å². The molecule has 0 radical (unpaired) electrons. The summed E-state index contributed by atoms with van der Waals surface area (Å²) in [5.41, 5.74) is -0.107. The van der Waals surface area contributed by atoms with Crippen molar-refractivity contribution in [3.05, 3.63) is 29.8 Å². The molecule has 0 amide bonds. The number of methoxy groups -OCH3 is 1. The highest BCUT2D eigenvalue weighted by Gasteiger charge is 2.50. The van der Waals surface area contributed by atoms with Crippen LogP contribution >= 0.6 is 0 Å². The van der Waals surface area contributed by atoms with Crippen molar-refractivity contribution in [1.29, 1.82) is 5.26 Å². The number of nitrogens with zero attached hydrogens (tertiary/aromatic N) is 1. The first kappa shape index (κ1) is 15.0. The molecule has 108 valence electrons. The molecule has 0 heterocycles. The van der Waals surface area contributed by atoms with Crippen LogP contribution in [0.4, 0.5) is 0 Å². The molecular formula is C14H18N2O3S. The van der Waals surface area contributed by atoms with Crippen LogP contribution in [0.5, 0.6) is 0 Å². The number of hydrogen-bond acceptors (Lipinski definition) is 4. The van der Waals surface area contributed by atoms with Crippen molar-refractivity contribution in [2.45, 2.75) is 37.3 Å². The smallest absolute Gasteiger partial charge is 0.242 e. The van der Waals surface area contributed by atoms with Gasteiger partial charge in [0, 0.05) is 18.6 Å². The highest BCUT2D eigenvalue weighted by Crippen LogP contribution is 2.43. The van der Waals surface area contributed by atoms with Gasteiger partial charge in [-0.15, -0.1) is 0 Å². The second-order valence-corrected chi connectivity index (χ2v) is 7.25. The van der Waals surface area contributed by atoms with Crippen LogP contribution in [0, 0.1) is 16.7 Å². The molecule has 20 heavy (non-hydrogen) atoms. The summed E-state index contributed by atoms with van der Waals surface area (Å²) in [6.07, 6.45) is 0.679. The molecule has 0 spiro atoms. The van der Waals surface area contributed by atoms with Gasteiger partial charge in [0.25, 0.3) is 0 Å². The van der Waals surface area contributed by atoms with Crippen LogP contribution in [0.15, 0.2) is 29.2 Å². The van der Waals surface area contributed by atoms with Gasteiger partial charge in [0.1, 0.15) is 6.07 Å². The van der Waals surface area contributed by atoms with Gasteiger partial charge in [0.05, 0.1) is 16.6 Å². The van der Waals surface area contributed by atoms with E-state index in [9.17, 15) is 8.42 Å². The number of nitriles is 1. The Morgan fingerprint density at radius 2 is 2.05 bits per heavy atom. The van der Waals surface area contributed by atoms with Gasteiger partial charge in [-0.25, -0.2) is 13.1 Å². The maximum Gasteiger partial charge on any atom is 0.242 e. The Kier molecular flexibility index (Phi) is 3.87. The molecule has 1 N–H and O–H groups in total. The standard InChI is InChI=1S/C14H18N2O3S/c1-14(2)12(8-13(14)19-3)16-20(17,18)11-7-5-4-6-10(11)9-15/h4-7,12-13,16H,8H2,1-3H3. The lowest BCUT2D eigenvalue weighted by molar-refractivity contribution is -0.0908. The molecule has 1 aliphatic carbocycles. The Morgan fingerprint density at radius 3 is 2.60 bits per heavy atom. The molecule has 1 fully saturated rings. The third-order valence-electron chi connectivity index (χ3n) is 4.06. The predicted molar refractivity (Wildman–Crippen MR) is 74.5 cm³/mol. The predicted octanol–water partition coefficient (Wildman–Crippen LogP) is 1.65. The number of sulfonamides is 1. The van der Waals surface area contributed by atoms with Gasteiger partial charge in [-0.1, -0.05) is 26.0 Å². The van der Waals surface area contributed by atoms with Gasteiger partial charge >= 0.3 is 0 Å². The van der Waals surface area contributed by atoms with Crippen LogP contribution in [0.25, 0.3) is 0 Å². The van der Waals surface area contributed by atoms with E-state index in [0.29, 0.717) is 6.42 Å². The van der Waals surface area contributed by atoms with E-state index in [0.717, 1.165) is 0 Å². The van der Waals surface area contributed by atoms with Gasteiger partial charge in [-0.05, 0) is 18.6 Å². The summed E-state index contributed by atoms with van der Waals surface area (Å²) in [4.78, 5) is 0.0270. The fraction of sp³-hybridized carbons (Fsp3) is 0.500. The number of ether oxygens (including phenoxy) is 1. The first-order chi connectivity index (χ1) is 9.32. The summed E-state index contributed by atoms with van der Waals surface area (Å²) >= 11 is 0. The minimum Gasteiger partial charge on any atom is -0.381 e. The van der Waals surface area contributed by atoms with Crippen LogP contribution < -0.4 is 4.72 Å². The Bertz CT molecular complexity index is 647. The quantitative estimate of drug-likeness (QED) is 0.915. The van der Waals surface area contributed by atoms with E-state index < -0.39 is 10.0 Å². The molecular weight excluding hydrogens is 276 g/mol. The highest BCUT2D eigenvalue weighted by molar-refractivity contribution is 7.89. The van der Waals surface area contributed by atoms with Gasteiger partial charge < -0.3 is 4.74 Å². The highest BCUT2D eigenvalue weighted by atomic mass is 32.2. The molecule has 1 aromatic rings. The van der Waals surface area contributed by atoms with E-state index >= 15 is 0 Å². The fourth-order valence-electron chi connectivity index (χ4n) is 2.53. The topological polar surface area (TPSA) is 79.2 Å². The maximum absolute atomic E-state index is 12.4. The number of hydrogen-bond donors (Lipinski definition) is 1. The van der Waals surface area contributed by atoms with Crippen molar-refractivity contribution in [2.75, 3.05) is 7.11 Å². The molecule has 5 nitrogen and oxygen atoms in total. The second-order valence-electron chi connectivity index (χ2n) is 5.56. The summed E-state index contributed by atoms with van der Waals surface area (Å²) in [7, 11) is -2.07. The molecule has 1 aliphatic rings. The van der Waals surface area contributed by atoms with Crippen molar-refractivity contribution in [1.82, 2.24) is 4.72 Å². The molecule has 2 rings (SSSR count). The van der Waals surface area contributed by atoms with Crippen molar-refractivity contribution in [2.24, 2.45) is 5.41 Å². The second kappa shape index (κ2) is 5.17. The van der Waals surface area contributed by atoms with Gasteiger partial charge in [0.2, 0.25) is 10.0 Å². The van der Waals surface area contributed by atoms with E-state index in [-0.39, 0.29) is 28.0 Å². The van der Waals surface area contributed by atoms with Crippen LogP contribution in [0.3, 0.4) is 0 Å². The average Bonchev–Trinajstić information content (AvgIpc) is 2.43. The van der Waals surface area contributed by atoms with E-state index in [1.165, 1.54) is 12.1 Å². The average molecular weight is 294 g/mol. The van der Waals surface area contributed by atoms with Crippen LogP contribution in [0.2, 0.25) is 0 Å². The van der Waals surface area contributed by atoms with E-state index in [4.69, 9.17) is 10.00 Å². The van der Waals surface area contributed by atoms with Gasteiger partial charge in [0.15, 0.2) is 0 Å². The third kappa shape index (κ3) is 2.44. The molecule has 1 saturated carbocycles. The van der Waals surface area contributed by atoms with E-state index in [2.05, 4.69) is 4.72 Å². The number of nitrogens with one attached hydrogen (secondary N) is 1. The molecule has 0 saturated heterocycles. The largest absolute Gasteiger partial charge is 0.381 e. The minimum absolute atomic E-state index is 0.0270. The van der Waals surface area contributed by atoms with Crippen molar-refractivity contribution in [3.63, 3.8) is 0 Å². The molecule has 6 heteroatoms. The summed E-state index contributed by atoms with van der Waals surface area (Å²) in [6.45, 7) is 3.93. The van der Waals surface area contributed by atoms with Gasteiger partial charge in [-0.2, -0.15) is 5.26 Å². The summed E-state index contributed by atoms with van der Waals surface area (Å²) < 4.78 is 32.8. The van der Waals surface area contributed by atoms with E-state index in [1.54, 1.807) is 19.2 Å². The Morgan fingerprint density at radius 1 is 1.40 bits per heavy atom. The number of benzene rings is 1. The Labute approximate surface area is 119 Å². The van der Waals surface area contributed by atoms with Crippen molar-refractivity contribution < 1.29 is 13.2 Å². The third-order valence-corrected chi connectivity index (χ3v) is 5.59. The minimum atomic E-state index is -3.69. The summed E-state index contributed by atoms with van der Waals surface area (Å²) in [5, 5.41) is 9.01. The zero-order valence-electron chi connectivity index (χ0n) is 11.8. The molecule has 2 atom stereocenters. The van der Waals surface area contributed by atoms with Crippen LogP contribution in [0.1, 0.15) is 25.8 Å². The van der Waals surface area contributed by atoms with Crippen LogP contribution in [-0.2, 0) is 14.8 Å². The lowest BCUT2D eigenvalue weighted by Crippen LogP contribution is -2.61. The fourth-order valence-corrected chi connectivity index (χ4v) is 4.09. The number of rotatable bonds is 4. The summed E-state index contributed by atoms with van der Waals surface area (Å²) in [5.74, 6) is 0. The Balaban J connectivity index is 2.24. The first-order valence-corrected chi connectivity index (χ1v) is 7.85. The monoisotopic (exact) mass is 294 g/mol. The maximum atomic E-state index is 12.4. The first-order valence-electron chi connectivity index (χ1n) is 6.37. The van der Waals surface area contributed by atoms with E-state index in [1.807, 2.05) is 19.9 Å². The zero-order valence-corrected chi connectivity index (χ0v) is 12.6. The molecule has 0 aromatic heterocycles. The van der Waals surface area contributed by atoms with Crippen molar-refractivity contribution >= 4 is 10.0 Å². The molecule has 2 unspecified atom stereocenters. The molecule has 0 aliphatic heterocycles. The zero-order chi connectivity index (χ0) is 15.0. The summed E-state index contributed by atoms with van der Waals surface area (Å²) in [6, 6.07) is 7.92. The van der Waals surface area contributed by atoms with Gasteiger partial charge in [-0.3, -0.25) is 0 Å². The lowest BCUT2D eigenvalue weighted by atomic mass is 9.65. The van der Waals surface area contributed by atoms with Crippen molar-refractivity contribution in [3.8, 4) is 6.07 Å². The molecule has 1 aromatic carbocycles. The lowest BCUT2D eigenvalue weighted by Gasteiger charge is -2.50. The molecule has 0 bridgehead atoms. The normalized spacial score (nSPS) is 24.7. The SMILES string of the molecule is COC1CC(NS(=O)(=O)c2ccccc2C#N)C1(C)C.